The van der Waals surface area contributed by atoms with Crippen molar-refractivity contribution in [3.8, 4) is 5.75 Å². The standard InChI is InChI=1S/C30H35FN2O3/c1-21(2)18-32-30(35)27(17-24-8-6-5-7-9-24)33(19-25-11-13-26(31)14-12-25)29(34)20-36-28-15-10-22(3)16-23(28)4/h5-16,21,27H,17-20H2,1-4H3,(H,32,35). The first-order valence-electron chi connectivity index (χ1n) is 12.3. The smallest absolute Gasteiger partial charge is 0.261 e. The van der Waals surface area contributed by atoms with E-state index in [0.29, 0.717) is 18.7 Å². The fourth-order valence-electron chi connectivity index (χ4n) is 3.95. The molecule has 3 rings (SSSR count). The first-order valence-corrected chi connectivity index (χ1v) is 12.3. The van der Waals surface area contributed by atoms with Crippen LogP contribution in [0.2, 0.25) is 0 Å². The van der Waals surface area contributed by atoms with Gasteiger partial charge in [-0.25, -0.2) is 4.39 Å². The summed E-state index contributed by atoms with van der Waals surface area (Å²) in [6, 6.07) is 20.6. The number of halogens is 1. The molecular formula is C30H35FN2O3. The number of benzene rings is 3. The zero-order valence-electron chi connectivity index (χ0n) is 21.5. The Hall–Kier alpha value is -3.67. The summed E-state index contributed by atoms with van der Waals surface area (Å²) < 4.78 is 19.4. The number of nitrogens with one attached hydrogen (secondary N) is 1. The highest BCUT2D eigenvalue weighted by Gasteiger charge is 2.30. The molecule has 36 heavy (non-hydrogen) atoms. The van der Waals surface area contributed by atoms with Gasteiger partial charge in [0.2, 0.25) is 5.91 Å². The molecule has 3 aromatic carbocycles. The van der Waals surface area contributed by atoms with Gasteiger partial charge in [-0.2, -0.15) is 0 Å². The van der Waals surface area contributed by atoms with Crippen LogP contribution in [-0.2, 0) is 22.6 Å². The molecule has 0 aromatic heterocycles. The Bertz CT molecular complexity index is 1150. The number of carbonyl (C=O) groups excluding carboxylic acids is 2. The van der Waals surface area contributed by atoms with E-state index in [2.05, 4.69) is 5.32 Å². The molecule has 5 nitrogen and oxygen atoms in total. The predicted octanol–water partition coefficient (Wildman–Crippen LogP) is 5.23. The van der Waals surface area contributed by atoms with E-state index < -0.39 is 6.04 Å². The van der Waals surface area contributed by atoms with Gasteiger partial charge in [-0.1, -0.05) is 74.0 Å². The van der Waals surface area contributed by atoms with Crippen LogP contribution >= 0.6 is 0 Å². The third-order valence-corrected chi connectivity index (χ3v) is 5.90. The average Bonchev–Trinajstić information content (AvgIpc) is 2.85. The number of hydrogen-bond acceptors (Lipinski definition) is 3. The molecule has 3 aromatic rings. The number of rotatable bonds is 11. The van der Waals surface area contributed by atoms with Gasteiger partial charge in [0.15, 0.2) is 6.61 Å². The first kappa shape index (κ1) is 26.9. The van der Waals surface area contributed by atoms with Gasteiger partial charge in [-0.3, -0.25) is 9.59 Å². The molecule has 0 saturated carbocycles. The lowest BCUT2D eigenvalue weighted by Gasteiger charge is -2.31. The Morgan fingerprint density at radius 2 is 1.64 bits per heavy atom. The van der Waals surface area contributed by atoms with Crippen molar-refractivity contribution in [2.75, 3.05) is 13.2 Å². The van der Waals surface area contributed by atoms with Crippen LogP contribution in [0.25, 0.3) is 0 Å². The van der Waals surface area contributed by atoms with E-state index in [1.807, 2.05) is 76.2 Å². The Kier molecular flexibility index (Phi) is 9.62. The largest absolute Gasteiger partial charge is 0.483 e. The SMILES string of the molecule is Cc1ccc(OCC(=O)N(Cc2ccc(F)cc2)C(Cc2ccccc2)C(=O)NCC(C)C)c(C)c1. The van der Waals surface area contributed by atoms with Crippen LogP contribution in [0.15, 0.2) is 72.8 Å². The van der Waals surface area contributed by atoms with E-state index in [-0.39, 0.29) is 36.7 Å². The second-order valence-electron chi connectivity index (χ2n) is 9.55. The summed E-state index contributed by atoms with van der Waals surface area (Å²) in [7, 11) is 0. The first-order chi connectivity index (χ1) is 17.2. The normalized spacial score (nSPS) is 11.7. The molecule has 0 aliphatic rings. The minimum atomic E-state index is -0.758. The maximum absolute atomic E-state index is 13.6. The number of ether oxygens (including phenoxy) is 1. The Labute approximate surface area is 213 Å². The zero-order chi connectivity index (χ0) is 26.1. The third-order valence-electron chi connectivity index (χ3n) is 5.90. The topological polar surface area (TPSA) is 58.6 Å². The third kappa shape index (κ3) is 7.94. The summed E-state index contributed by atoms with van der Waals surface area (Å²) in [6.45, 7) is 8.41. The van der Waals surface area contributed by atoms with Crippen molar-refractivity contribution in [2.45, 2.75) is 46.7 Å². The van der Waals surface area contributed by atoms with Gasteiger partial charge in [-0.15, -0.1) is 0 Å². The van der Waals surface area contributed by atoms with Crippen molar-refractivity contribution in [2.24, 2.45) is 5.92 Å². The second-order valence-corrected chi connectivity index (χ2v) is 9.55. The lowest BCUT2D eigenvalue weighted by molar-refractivity contribution is -0.142. The van der Waals surface area contributed by atoms with Crippen LogP contribution in [-0.4, -0.2) is 35.9 Å². The highest BCUT2D eigenvalue weighted by atomic mass is 19.1. The molecule has 0 aliphatic carbocycles. The molecule has 0 bridgehead atoms. The van der Waals surface area contributed by atoms with Crippen molar-refractivity contribution in [1.29, 1.82) is 0 Å². The predicted molar refractivity (Wildman–Crippen MR) is 140 cm³/mol. The fraction of sp³-hybridized carbons (Fsp3) is 0.333. The summed E-state index contributed by atoms with van der Waals surface area (Å²) in [5.41, 5.74) is 3.71. The van der Waals surface area contributed by atoms with E-state index in [1.165, 1.54) is 12.1 Å². The molecule has 0 aliphatic heterocycles. The molecule has 2 amide bonds. The van der Waals surface area contributed by atoms with Gasteiger partial charge in [0.25, 0.3) is 5.91 Å². The molecule has 0 heterocycles. The molecule has 1 atom stereocenters. The van der Waals surface area contributed by atoms with Gasteiger partial charge in [0.05, 0.1) is 0 Å². The molecule has 1 N–H and O–H groups in total. The van der Waals surface area contributed by atoms with Crippen LogP contribution in [0.3, 0.4) is 0 Å². The Balaban J connectivity index is 1.90. The van der Waals surface area contributed by atoms with Crippen LogP contribution in [0.5, 0.6) is 5.75 Å². The average molecular weight is 491 g/mol. The summed E-state index contributed by atoms with van der Waals surface area (Å²) in [6.07, 6.45) is 0.348. The van der Waals surface area contributed by atoms with Crippen LogP contribution in [0.4, 0.5) is 4.39 Å². The fourth-order valence-corrected chi connectivity index (χ4v) is 3.95. The maximum atomic E-state index is 13.6. The molecule has 190 valence electrons. The lowest BCUT2D eigenvalue weighted by Crippen LogP contribution is -2.52. The molecule has 0 spiro atoms. The quantitative estimate of drug-likeness (QED) is 0.400. The van der Waals surface area contributed by atoms with E-state index in [9.17, 15) is 14.0 Å². The number of aryl methyl sites for hydroxylation is 2. The van der Waals surface area contributed by atoms with Crippen molar-refractivity contribution < 1.29 is 18.7 Å². The van der Waals surface area contributed by atoms with Gasteiger partial charge in [-0.05, 0) is 54.7 Å². The highest BCUT2D eigenvalue weighted by molar-refractivity contribution is 5.88. The van der Waals surface area contributed by atoms with Crippen LogP contribution < -0.4 is 10.1 Å². The Morgan fingerprint density at radius 1 is 0.944 bits per heavy atom. The van der Waals surface area contributed by atoms with Crippen LogP contribution in [0.1, 0.15) is 36.1 Å². The van der Waals surface area contributed by atoms with Gasteiger partial charge in [0, 0.05) is 19.5 Å². The minimum Gasteiger partial charge on any atom is -0.483 e. The molecule has 0 radical (unpaired) electrons. The zero-order valence-corrected chi connectivity index (χ0v) is 21.5. The summed E-state index contributed by atoms with van der Waals surface area (Å²) in [5.74, 6) is -0.0141. The number of hydrogen-bond donors (Lipinski definition) is 1. The van der Waals surface area contributed by atoms with Crippen molar-refractivity contribution >= 4 is 11.8 Å². The van der Waals surface area contributed by atoms with E-state index in [0.717, 1.165) is 22.3 Å². The molecule has 6 heteroatoms. The molecule has 1 unspecified atom stereocenters. The van der Waals surface area contributed by atoms with Crippen molar-refractivity contribution in [3.63, 3.8) is 0 Å². The Morgan fingerprint density at radius 3 is 2.28 bits per heavy atom. The molecule has 0 saturated heterocycles. The second kappa shape index (κ2) is 12.9. The van der Waals surface area contributed by atoms with Crippen molar-refractivity contribution in [1.82, 2.24) is 10.2 Å². The minimum absolute atomic E-state index is 0.155. The monoisotopic (exact) mass is 490 g/mol. The van der Waals surface area contributed by atoms with Gasteiger partial charge in [0.1, 0.15) is 17.6 Å². The molecule has 0 fully saturated rings. The number of amides is 2. The summed E-state index contributed by atoms with van der Waals surface area (Å²) >= 11 is 0. The van der Waals surface area contributed by atoms with E-state index in [4.69, 9.17) is 4.74 Å². The van der Waals surface area contributed by atoms with Crippen molar-refractivity contribution in [3.05, 3.63) is 101 Å². The number of carbonyl (C=O) groups is 2. The summed E-state index contributed by atoms with van der Waals surface area (Å²) in [4.78, 5) is 28.5. The van der Waals surface area contributed by atoms with Crippen LogP contribution in [0, 0.1) is 25.6 Å². The summed E-state index contributed by atoms with van der Waals surface area (Å²) in [5, 5.41) is 2.99. The number of nitrogens with zero attached hydrogens (tertiary/aromatic N) is 1. The van der Waals surface area contributed by atoms with E-state index in [1.54, 1.807) is 17.0 Å². The molecular weight excluding hydrogens is 455 g/mol. The highest BCUT2D eigenvalue weighted by Crippen LogP contribution is 2.20. The van der Waals surface area contributed by atoms with Gasteiger partial charge >= 0.3 is 0 Å². The lowest BCUT2D eigenvalue weighted by atomic mass is 10.0. The maximum Gasteiger partial charge on any atom is 0.261 e. The van der Waals surface area contributed by atoms with E-state index >= 15 is 0 Å². The van der Waals surface area contributed by atoms with Gasteiger partial charge < -0.3 is 15.0 Å².